The lowest BCUT2D eigenvalue weighted by atomic mass is 9.99. The maximum atomic E-state index is 12.1. The van der Waals surface area contributed by atoms with Crippen molar-refractivity contribution in [3.63, 3.8) is 0 Å². The van der Waals surface area contributed by atoms with Gasteiger partial charge >= 0.3 is 5.97 Å². The van der Waals surface area contributed by atoms with E-state index in [1.165, 1.54) is 37.5 Å². The van der Waals surface area contributed by atoms with Gasteiger partial charge in [0, 0.05) is 6.08 Å². The first kappa shape index (κ1) is 27.0. The van der Waals surface area contributed by atoms with Gasteiger partial charge in [-0.3, -0.25) is 0 Å². The summed E-state index contributed by atoms with van der Waals surface area (Å²) in [4.78, 5) is 12.1. The van der Waals surface area contributed by atoms with Gasteiger partial charge in [-0.15, -0.1) is 0 Å². The van der Waals surface area contributed by atoms with E-state index in [0.717, 1.165) is 6.08 Å². The SMILES string of the molecule is COc1cc(C=CCO)ccc1OC1OC(COC(=O)C=Cc2ccc(O)c(O)c2)C(O)C(O)C1O. The zero-order chi connectivity index (χ0) is 26.2. The molecule has 1 saturated heterocycles. The second kappa shape index (κ2) is 12.4. The van der Waals surface area contributed by atoms with Gasteiger partial charge in [-0.25, -0.2) is 4.79 Å². The third kappa shape index (κ3) is 6.74. The molecule has 1 aliphatic rings. The van der Waals surface area contributed by atoms with Crippen molar-refractivity contribution in [3.05, 3.63) is 59.7 Å². The number of phenols is 2. The Morgan fingerprint density at radius 2 is 1.67 bits per heavy atom. The summed E-state index contributed by atoms with van der Waals surface area (Å²) in [7, 11) is 1.41. The molecular weight excluding hydrogens is 476 g/mol. The third-order valence-electron chi connectivity index (χ3n) is 5.32. The molecule has 2 aromatic rings. The molecule has 5 atom stereocenters. The van der Waals surface area contributed by atoms with Gasteiger partial charge in [0.1, 0.15) is 31.0 Å². The van der Waals surface area contributed by atoms with E-state index in [0.29, 0.717) is 16.9 Å². The lowest BCUT2D eigenvalue weighted by Crippen LogP contribution is -2.60. The van der Waals surface area contributed by atoms with Crippen LogP contribution in [-0.4, -0.2) is 87.6 Å². The van der Waals surface area contributed by atoms with E-state index in [1.807, 2.05) is 0 Å². The van der Waals surface area contributed by atoms with Crippen LogP contribution in [0.2, 0.25) is 0 Å². The van der Waals surface area contributed by atoms with E-state index in [4.69, 9.17) is 24.1 Å². The number of aromatic hydroxyl groups is 2. The van der Waals surface area contributed by atoms with Crippen molar-refractivity contribution in [3.8, 4) is 23.0 Å². The fourth-order valence-electron chi connectivity index (χ4n) is 3.37. The highest BCUT2D eigenvalue weighted by Gasteiger charge is 2.45. The molecule has 194 valence electrons. The van der Waals surface area contributed by atoms with Crippen molar-refractivity contribution in [2.24, 2.45) is 0 Å². The molecular formula is C25H28O11. The Bertz CT molecular complexity index is 1100. The minimum absolute atomic E-state index is 0.134. The molecule has 0 radical (unpaired) electrons. The highest BCUT2D eigenvalue weighted by Crippen LogP contribution is 2.32. The number of aliphatic hydroxyl groups excluding tert-OH is 4. The van der Waals surface area contributed by atoms with E-state index >= 15 is 0 Å². The topological polar surface area (TPSA) is 175 Å². The molecule has 1 fully saturated rings. The Morgan fingerprint density at radius 1 is 0.944 bits per heavy atom. The molecule has 0 amide bonds. The minimum atomic E-state index is -1.65. The second-order valence-corrected chi connectivity index (χ2v) is 7.84. The molecule has 11 heteroatoms. The van der Waals surface area contributed by atoms with Crippen molar-refractivity contribution < 1.29 is 54.4 Å². The van der Waals surface area contributed by atoms with Crippen LogP contribution in [0.3, 0.4) is 0 Å². The van der Waals surface area contributed by atoms with Crippen LogP contribution in [0.15, 0.2) is 48.6 Å². The van der Waals surface area contributed by atoms with Gasteiger partial charge in [0.2, 0.25) is 6.29 Å². The molecule has 0 spiro atoms. The average molecular weight is 504 g/mol. The third-order valence-corrected chi connectivity index (χ3v) is 5.32. The summed E-state index contributed by atoms with van der Waals surface area (Å²) < 4.78 is 21.6. The first-order valence-electron chi connectivity index (χ1n) is 10.9. The van der Waals surface area contributed by atoms with Gasteiger partial charge in [-0.05, 0) is 41.5 Å². The van der Waals surface area contributed by atoms with E-state index in [-0.39, 0.29) is 23.9 Å². The van der Waals surface area contributed by atoms with Gasteiger partial charge in [0.15, 0.2) is 23.0 Å². The number of methoxy groups -OCH3 is 1. The van der Waals surface area contributed by atoms with Crippen LogP contribution in [0.1, 0.15) is 11.1 Å². The number of phenolic OH excluding ortho intramolecular Hbond substituents is 2. The largest absolute Gasteiger partial charge is 0.504 e. The molecule has 0 saturated carbocycles. The highest BCUT2D eigenvalue weighted by molar-refractivity contribution is 5.87. The number of hydrogen-bond donors (Lipinski definition) is 6. The van der Waals surface area contributed by atoms with Crippen LogP contribution >= 0.6 is 0 Å². The minimum Gasteiger partial charge on any atom is -0.504 e. The number of esters is 1. The number of carbonyl (C=O) groups is 1. The van der Waals surface area contributed by atoms with Crippen LogP contribution in [0.25, 0.3) is 12.2 Å². The number of benzene rings is 2. The van der Waals surface area contributed by atoms with E-state index in [2.05, 4.69) is 0 Å². The number of carbonyl (C=O) groups excluding carboxylic acids is 1. The van der Waals surface area contributed by atoms with Gasteiger partial charge in [-0.2, -0.15) is 0 Å². The summed E-state index contributed by atoms with van der Waals surface area (Å²) in [5, 5.41) is 58.7. The van der Waals surface area contributed by atoms with E-state index in [9.17, 15) is 30.3 Å². The fraction of sp³-hybridized carbons (Fsp3) is 0.320. The van der Waals surface area contributed by atoms with Crippen LogP contribution < -0.4 is 9.47 Å². The van der Waals surface area contributed by atoms with E-state index < -0.39 is 43.3 Å². The smallest absolute Gasteiger partial charge is 0.330 e. The first-order chi connectivity index (χ1) is 17.2. The molecule has 0 aromatic heterocycles. The highest BCUT2D eigenvalue weighted by atomic mass is 16.7. The molecule has 6 N–H and O–H groups in total. The summed E-state index contributed by atoms with van der Waals surface area (Å²) in [6.07, 6.45) is -1.87. The lowest BCUT2D eigenvalue weighted by molar-refractivity contribution is -0.278. The summed E-state index contributed by atoms with van der Waals surface area (Å²) in [5.74, 6) is -0.981. The zero-order valence-corrected chi connectivity index (χ0v) is 19.3. The lowest BCUT2D eigenvalue weighted by Gasteiger charge is -2.40. The van der Waals surface area contributed by atoms with Gasteiger partial charge in [0.05, 0.1) is 13.7 Å². The van der Waals surface area contributed by atoms with Gasteiger partial charge in [0.25, 0.3) is 0 Å². The van der Waals surface area contributed by atoms with Crippen LogP contribution in [0.4, 0.5) is 0 Å². The Balaban J connectivity index is 1.64. The monoisotopic (exact) mass is 504 g/mol. The molecule has 1 aliphatic heterocycles. The molecule has 11 nitrogen and oxygen atoms in total. The Hall–Kier alpha value is -3.61. The number of ether oxygens (including phenoxy) is 4. The molecule has 0 bridgehead atoms. The molecule has 5 unspecified atom stereocenters. The fourth-order valence-corrected chi connectivity index (χ4v) is 3.37. The zero-order valence-electron chi connectivity index (χ0n) is 19.3. The average Bonchev–Trinajstić information content (AvgIpc) is 2.88. The molecule has 2 aromatic carbocycles. The Labute approximate surface area is 206 Å². The number of aliphatic hydroxyl groups is 4. The van der Waals surface area contributed by atoms with Crippen LogP contribution in [0.5, 0.6) is 23.0 Å². The maximum absolute atomic E-state index is 12.1. The predicted octanol–water partition coefficient (Wildman–Crippen LogP) is 0.555. The van der Waals surface area contributed by atoms with Crippen molar-refractivity contribution in [1.82, 2.24) is 0 Å². The quantitative estimate of drug-likeness (QED) is 0.160. The Kier molecular flexibility index (Phi) is 9.28. The van der Waals surface area contributed by atoms with Crippen molar-refractivity contribution >= 4 is 18.1 Å². The van der Waals surface area contributed by atoms with Crippen LogP contribution in [-0.2, 0) is 14.3 Å². The maximum Gasteiger partial charge on any atom is 0.330 e. The molecule has 1 heterocycles. The van der Waals surface area contributed by atoms with Crippen molar-refractivity contribution in [1.29, 1.82) is 0 Å². The summed E-state index contributed by atoms with van der Waals surface area (Å²) in [6, 6.07) is 8.82. The molecule has 3 rings (SSSR count). The van der Waals surface area contributed by atoms with Gasteiger partial charge in [-0.1, -0.05) is 24.3 Å². The normalized spacial score (nSPS) is 24.2. The molecule has 36 heavy (non-hydrogen) atoms. The standard InChI is InChI=1S/C25H28O11/c1-33-19-12-14(3-2-10-26)5-8-18(19)35-25-24(32)23(31)22(30)20(36-25)13-34-21(29)9-6-15-4-7-16(27)17(28)11-15/h2-9,11-12,20,22-28,30-32H,10,13H2,1H3. The number of rotatable bonds is 9. The van der Waals surface area contributed by atoms with E-state index in [1.54, 1.807) is 24.3 Å². The summed E-state index contributed by atoms with van der Waals surface area (Å²) in [5.41, 5.74) is 1.14. The molecule has 0 aliphatic carbocycles. The van der Waals surface area contributed by atoms with Crippen molar-refractivity contribution in [2.75, 3.05) is 20.3 Å². The Morgan fingerprint density at radius 3 is 2.36 bits per heavy atom. The second-order valence-electron chi connectivity index (χ2n) is 7.84. The predicted molar refractivity (Wildman–Crippen MR) is 126 cm³/mol. The summed E-state index contributed by atoms with van der Waals surface area (Å²) >= 11 is 0. The van der Waals surface area contributed by atoms with Crippen molar-refractivity contribution in [2.45, 2.75) is 30.7 Å². The first-order valence-corrected chi connectivity index (χ1v) is 10.9. The summed E-state index contributed by atoms with van der Waals surface area (Å²) in [6.45, 7) is -0.595. The van der Waals surface area contributed by atoms with Gasteiger partial charge < -0.3 is 49.6 Å². The van der Waals surface area contributed by atoms with Crippen LogP contribution in [0, 0.1) is 0 Å². The number of hydrogen-bond acceptors (Lipinski definition) is 11.